The average molecular weight is 271 g/mol. The number of nitrogens with zero attached hydrogens (tertiary/aromatic N) is 1. The SMILES string of the molecule is COC(=O)C=C(C)N1CC(CSC(C)=O)CC1=O. The van der Waals surface area contributed by atoms with Crippen molar-refractivity contribution in [3.8, 4) is 0 Å². The molecule has 1 amide bonds. The monoisotopic (exact) mass is 271 g/mol. The third-order valence-electron chi connectivity index (χ3n) is 2.68. The number of ether oxygens (including phenoxy) is 1. The van der Waals surface area contributed by atoms with Crippen LogP contribution in [0.5, 0.6) is 0 Å². The summed E-state index contributed by atoms with van der Waals surface area (Å²) >= 11 is 1.23. The molecular formula is C12H17NO4S. The topological polar surface area (TPSA) is 63.7 Å². The molecule has 100 valence electrons. The number of hydrogen-bond acceptors (Lipinski definition) is 5. The highest BCUT2D eigenvalue weighted by molar-refractivity contribution is 8.13. The molecule has 0 aromatic rings. The second kappa shape index (κ2) is 6.58. The van der Waals surface area contributed by atoms with Crippen LogP contribution in [0.2, 0.25) is 0 Å². The molecule has 0 aromatic carbocycles. The lowest BCUT2D eigenvalue weighted by atomic mass is 10.1. The van der Waals surface area contributed by atoms with E-state index in [2.05, 4.69) is 4.74 Å². The van der Waals surface area contributed by atoms with E-state index in [1.54, 1.807) is 11.8 Å². The van der Waals surface area contributed by atoms with Crippen LogP contribution in [-0.2, 0) is 19.1 Å². The zero-order chi connectivity index (χ0) is 13.7. The van der Waals surface area contributed by atoms with Gasteiger partial charge in [-0.05, 0) is 12.8 Å². The van der Waals surface area contributed by atoms with Crippen molar-refractivity contribution in [3.63, 3.8) is 0 Å². The quantitative estimate of drug-likeness (QED) is 0.567. The highest BCUT2D eigenvalue weighted by atomic mass is 32.2. The van der Waals surface area contributed by atoms with Gasteiger partial charge in [-0.15, -0.1) is 0 Å². The van der Waals surface area contributed by atoms with E-state index in [1.165, 1.54) is 31.9 Å². The maximum atomic E-state index is 11.8. The molecule has 6 heteroatoms. The Kier molecular flexibility index (Phi) is 5.40. The molecule has 5 nitrogen and oxygen atoms in total. The summed E-state index contributed by atoms with van der Waals surface area (Å²) in [4.78, 5) is 35.3. The van der Waals surface area contributed by atoms with Crippen molar-refractivity contribution in [2.45, 2.75) is 20.3 Å². The summed E-state index contributed by atoms with van der Waals surface area (Å²) in [6.07, 6.45) is 1.73. The summed E-state index contributed by atoms with van der Waals surface area (Å²) in [6.45, 7) is 3.77. The summed E-state index contributed by atoms with van der Waals surface area (Å²) in [5.74, 6) is 0.319. The van der Waals surface area contributed by atoms with Gasteiger partial charge in [-0.1, -0.05) is 11.8 Å². The minimum absolute atomic E-state index is 0.0122. The predicted molar refractivity (Wildman–Crippen MR) is 68.7 cm³/mol. The summed E-state index contributed by atoms with van der Waals surface area (Å²) in [5.41, 5.74) is 0.585. The normalized spacial score (nSPS) is 20.2. The first-order valence-corrected chi connectivity index (χ1v) is 6.62. The number of esters is 1. The summed E-state index contributed by atoms with van der Waals surface area (Å²) in [7, 11) is 1.30. The number of methoxy groups -OCH3 is 1. The Morgan fingerprint density at radius 1 is 1.50 bits per heavy atom. The minimum atomic E-state index is -0.470. The lowest BCUT2D eigenvalue weighted by molar-refractivity contribution is -0.135. The fraction of sp³-hybridized carbons (Fsp3) is 0.583. The standard InChI is InChI=1S/C12H17NO4S/c1-8(4-12(16)17-3)13-6-10(5-11(13)15)7-18-9(2)14/h4,10H,5-7H2,1-3H3. The molecule has 0 saturated carbocycles. The van der Waals surface area contributed by atoms with E-state index in [4.69, 9.17) is 0 Å². The average Bonchev–Trinajstić information content (AvgIpc) is 2.67. The van der Waals surface area contributed by atoms with Crippen LogP contribution in [0.3, 0.4) is 0 Å². The van der Waals surface area contributed by atoms with E-state index in [9.17, 15) is 14.4 Å². The molecule has 1 atom stereocenters. The van der Waals surface area contributed by atoms with Gasteiger partial charge in [-0.2, -0.15) is 0 Å². The Morgan fingerprint density at radius 2 is 2.17 bits per heavy atom. The molecule has 0 radical (unpaired) electrons. The van der Waals surface area contributed by atoms with Crippen LogP contribution in [0.1, 0.15) is 20.3 Å². The first kappa shape index (κ1) is 14.8. The highest BCUT2D eigenvalue weighted by Gasteiger charge is 2.30. The number of thioether (sulfide) groups is 1. The molecule has 0 bridgehead atoms. The third kappa shape index (κ3) is 4.18. The van der Waals surface area contributed by atoms with Gasteiger partial charge >= 0.3 is 5.97 Å². The van der Waals surface area contributed by atoms with Crippen LogP contribution in [0.25, 0.3) is 0 Å². The van der Waals surface area contributed by atoms with Crippen molar-refractivity contribution < 1.29 is 19.1 Å². The van der Waals surface area contributed by atoms with Crippen molar-refractivity contribution in [1.82, 2.24) is 4.90 Å². The van der Waals surface area contributed by atoms with Crippen molar-refractivity contribution in [2.24, 2.45) is 5.92 Å². The Morgan fingerprint density at radius 3 is 2.72 bits per heavy atom. The Balaban J connectivity index is 2.59. The van der Waals surface area contributed by atoms with Crippen LogP contribution in [0.15, 0.2) is 11.8 Å². The van der Waals surface area contributed by atoms with E-state index in [0.29, 0.717) is 24.4 Å². The number of hydrogen-bond donors (Lipinski definition) is 0. The molecule has 1 saturated heterocycles. The van der Waals surface area contributed by atoms with Gasteiger partial charge in [0.25, 0.3) is 0 Å². The van der Waals surface area contributed by atoms with Crippen LogP contribution in [-0.4, -0.2) is 41.3 Å². The smallest absolute Gasteiger partial charge is 0.332 e. The Hall–Kier alpha value is -1.30. The lowest BCUT2D eigenvalue weighted by Gasteiger charge is -2.16. The molecule has 18 heavy (non-hydrogen) atoms. The zero-order valence-corrected chi connectivity index (χ0v) is 11.6. The van der Waals surface area contributed by atoms with Gasteiger partial charge < -0.3 is 9.64 Å². The van der Waals surface area contributed by atoms with Crippen LogP contribution >= 0.6 is 11.8 Å². The summed E-state index contributed by atoms with van der Waals surface area (Å²) < 4.78 is 4.52. The first-order valence-electron chi connectivity index (χ1n) is 5.64. The number of allylic oxidation sites excluding steroid dienone is 1. The zero-order valence-electron chi connectivity index (χ0n) is 10.8. The lowest BCUT2D eigenvalue weighted by Crippen LogP contribution is -2.24. The first-order chi connectivity index (χ1) is 8.43. The van der Waals surface area contributed by atoms with Crippen molar-refractivity contribution >= 4 is 28.8 Å². The van der Waals surface area contributed by atoms with Crippen molar-refractivity contribution in [2.75, 3.05) is 19.4 Å². The van der Waals surface area contributed by atoms with Gasteiger partial charge in [0.15, 0.2) is 5.12 Å². The van der Waals surface area contributed by atoms with Gasteiger partial charge in [-0.3, -0.25) is 9.59 Å². The van der Waals surface area contributed by atoms with Crippen molar-refractivity contribution in [3.05, 3.63) is 11.8 Å². The molecule has 1 heterocycles. The fourth-order valence-electron chi connectivity index (χ4n) is 1.78. The van der Waals surface area contributed by atoms with Crippen LogP contribution in [0.4, 0.5) is 0 Å². The molecule has 1 unspecified atom stereocenters. The Bertz CT molecular complexity index is 392. The third-order valence-corrected chi connectivity index (χ3v) is 3.73. The van der Waals surface area contributed by atoms with Gasteiger partial charge in [0.2, 0.25) is 5.91 Å². The molecule has 1 rings (SSSR count). The van der Waals surface area contributed by atoms with E-state index >= 15 is 0 Å². The second-order valence-electron chi connectivity index (χ2n) is 4.19. The van der Waals surface area contributed by atoms with Crippen LogP contribution < -0.4 is 0 Å². The molecule has 0 aromatic heterocycles. The van der Waals surface area contributed by atoms with E-state index < -0.39 is 5.97 Å². The summed E-state index contributed by atoms with van der Waals surface area (Å²) in [6, 6.07) is 0. The van der Waals surface area contributed by atoms with E-state index in [0.717, 1.165) is 0 Å². The van der Waals surface area contributed by atoms with E-state index in [1.807, 2.05) is 0 Å². The van der Waals surface area contributed by atoms with Crippen molar-refractivity contribution in [1.29, 1.82) is 0 Å². The molecule has 1 aliphatic heterocycles. The largest absolute Gasteiger partial charge is 0.466 e. The van der Waals surface area contributed by atoms with Gasteiger partial charge in [0.05, 0.1) is 7.11 Å². The highest BCUT2D eigenvalue weighted by Crippen LogP contribution is 2.25. The maximum absolute atomic E-state index is 11.8. The maximum Gasteiger partial charge on any atom is 0.332 e. The van der Waals surface area contributed by atoms with Crippen LogP contribution in [0, 0.1) is 5.92 Å². The van der Waals surface area contributed by atoms with Gasteiger partial charge in [0.1, 0.15) is 0 Å². The number of carbonyl (C=O) groups excluding carboxylic acids is 3. The predicted octanol–water partition coefficient (Wildman–Crippen LogP) is 1.19. The molecule has 0 spiro atoms. The number of amides is 1. The molecular weight excluding hydrogens is 254 g/mol. The number of rotatable bonds is 4. The second-order valence-corrected chi connectivity index (χ2v) is 5.38. The minimum Gasteiger partial charge on any atom is -0.466 e. The molecule has 1 aliphatic rings. The molecule has 1 fully saturated rings. The fourth-order valence-corrected chi connectivity index (χ4v) is 2.47. The molecule has 0 aliphatic carbocycles. The Labute approximate surface area is 111 Å². The number of likely N-dealkylation sites (tertiary alicyclic amines) is 1. The number of carbonyl (C=O) groups is 3. The summed E-state index contributed by atoms with van der Waals surface area (Å²) in [5, 5.41) is 0.0581. The van der Waals surface area contributed by atoms with Gasteiger partial charge in [-0.25, -0.2) is 4.79 Å². The van der Waals surface area contributed by atoms with Gasteiger partial charge in [0, 0.05) is 37.4 Å². The molecule has 0 N–H and O–H groups in total. The van der Waals surface area contributed by atoms with E-state index in [-0.39, 0.29) is 16.9 Å².